The normalized spacial score (nSPS) is 11.0. The zero-order valence-electron chi connectivity index (χ0n) is 12.4. The quantitative estimate of drug-likeness (QED) is 0.747. The number of rotatable bonds is 6. The van der Waals surface area contributed by atoms with Crippen LogP contribution in [-0.2, 0) is 0 Å². The molecule has 0 aliphatic heterocycles. The van der Waals surface area contributed by atoms with Crippen LogP contribution in [0.15, 0.2) is 30.6 Å². The Morgan fingerprint density at radius 3 is 2.48 bits per heavy atom. The van der Waals surface area contributed by atoms with Gasteiger partial charge in [-0.2, -0.15) is 0 Å². The molecule has 0 unspecified atom stereocenters. The smallest absolute Gasteiger partial charge is 0.254 e. The number of amides is 1. The average molecular weight is 350 g/mol. The number of halogens is 1. The zero-order chi connectivity index (χ0) is 15.2. The van der Waals surface area contributed by atoms with Gasteiger partial charge in [0.15, 0.2) is 0 Å². The molecule has 2 rings (SSSR count). The Hall–Kier alpha value is -1.49. The van der Waals surface area contributed by atoms with Crippen LogP contribution < -0.4 is 0 Å². The van der Waals surface area contributed by atoms with Crippen molar-refractivity contribution in [2.24, 2.45) is 0 Å². The van der Waals surface area contributed by atoms with E-state index in [-0.39, 0.29) is 11.9 Å². The Morgan fingerprint density at radius 2 is 1.86 bits per heavy atom. The molecule has 1 amide bonds. The molecule has 0 bridgehead atoms. The lowest BCUT2D eigenvalue weighted by molar-refractivity contribution is 0.0683. The van der Waals surface area contributed by atoms with E-state index in [0.29, 0.717) is 12.1 Å². The van der Waals surface area contributed by atoms with Crippen LogP contribution in [-0.4, -0.2) is 38.7 Å². The molecule has 0 saturated heterocycles. The molecule has 21 heavy (non-hydrogen) atoms. The first-order chi connectivity index (χ1) is 10.2. The van der Waals surface area contributed by atoms with Crippen molar-refractivity contribution in [2.45, 2.75) is 32.7 Å². The van der Waals surface area contributed by atoms with Crippen LogP contribution in [0.25, 0.3) is 11.0 Å². The Labute approximate surface area is 133 Å². The summed E-state index contributed by atoms with van der Waals surface area (Å²) >= 11 is 3.44. The van der Waals surface area contributed by atoms with Gasteiger partial charge in [-0.25, -0.2) is 0 Å². The second-order valence-corrected chi connectivity index (χ2v) is 5.71. The fourth-order valence-electron chi connectivity index (χ4n) is 2.53. The predicted molar refractivity (Wildman–Crippen MR) is 88.7 cm³/mol. The van der Waals surface area contributed by atoms with Crippen molar-refractivity contribution in [1.82, 2.24) is 14.9 Å². The van der Waals surface area contributed by atoms with Crippen molar-refractivity contribution in [1.29, 1.82) is 0 Å². The van der Waals surface area contributed by atoms with E-state index in [1.54, 1.807) is 12.4 Å². The number of aromatic nitrogens is 2. The average Bonchev–Trinajstić information content (AvgIpc) is 2.54. The summed E-state index contributed by atoms with van der Waals surface area (Å²) in [6.45, 7) is 4.95. The molecule has 0 fully saturated rings. The van der Waals surface area contributed by atoms with Crippen LogP contribution in [0, 0.1) is 0 Å². The summed E-state index contributed by atoms with van der Waals surface area (Å²) in [7, 11) is 0. The largest absolute Gasteiger partial charge is 0.335 e. The number of alkyl halides is 1. The number of carbonyl (C=O) groups is 1. The summed E-state index contributed by atoms with van der Waals surface area (Å²) in [5.74, 6) is 0.0655. The molecule has 1 aromatic heterocycles. The van der Waals surface area contributed by atoms with Crippen molar-refractivity contribution < 1.29 is 4.79 Å². The molecule has 0 radical (unpaired) electrons. The first-order valence-electron chi connectivity index (χ1n) is 7.29. The number of hydrogen-bond acceptors (Lipinski definition) is 3. The minimum Gasteiger partial charge on any atom is -0.335 e. The minimum absolute atomic E-state index is 0.0655. The first-order valence-corrected chi connectivity index (χ1v) is 8.41. The molecule has 5 heteroatoms. The van der Waals surface area contributed by atoms with Crippen LogP contribution >= 0.6 is 15.9 Å². The third-order valence-corrected chi connectivity index (χ3v) is 4.04. The number of nitrogens with zero attached hydrogens (tertiary/aromatic N) is 3. The molecular weight excluding hydrogens is 330 g/mol. The van der Waals surface area contributed by atoms with E-state index in [9.17, 15) is 4.79 Å². The molecule has 4 nitrogen and oxygen atoms in total. The number of hydrogen-bond donors (Lipinski definition) is 0. The standard InChI is InChI=1S/C16H20BrN3O/c1-3-13(4-2)20(10-7-17)16(21)12-5-6-14-15(11-12)19-9-8-18-14/h5-6,8-9,11,13H,3-4,7,10H2,1-2H3. The highest BCUT2D eigenvalue weighted by Crippen LogP contribution is 2.17. The first kappa shape index (κ1) is 15.9. The molecule has 0 N–H and O–H groups in total. The maximum atomic E-state index is 12.8. The second-order valence-electron chi connectivity index (χ2n) is 4.92. The monoisotopic (exact) mass is 349 g/mol. The lowest BCUT2D eigenvalue weighted by Gasteiger charge is -2.30. The van der Waals surface area contributed by atoms with Crippen LogP contribution in [0.1, 0.15) is 37.0 Å². The molecule has 0 atom stereocenters. The SMILES string of the molecule is CCC(CC)N(CCBr)C(=O)c1ccc2nccnc2c1. The summed E-state index contributed by atoms with van der Waals surface area (Å²) in [6.07, 6.45) is 5.23. The summed E-state index contributed by atoms with van der Waals surface area (Å²) in [6, 6.07) is 5.79. The lowest BCUT2D eigenvalue weighted by Crippen LogP contribution is -2.41. The third-order valence-electron chi connectivity index (χ3n) is 3.69. The summed E-state index contributed by atoms with van der Waals surface area (Å²) in [4.78, 5) is 23.3. The highest BCUT2D eigenvalue weighted by atomic mass is 79.9. The molecule has 0 spiro atoms. The Bertz CT molecular complexity index is 613. The molecule has 0 saturated carbocycles. The highest BCUT2D eigenvalue weighted by molar-refractivity contribution is 9.09. The molecular formula is C16H20BrN3O. The van der Waals surface area contributed by atoms with Gasteiger partial charge in [0.2, 0.25) is 0 Å². The predicted octanol–water partition coefficient (Wildman–Crippen LogP) is 3.66. The van der Waals surface area contributed by atoms with Crippen LogP contribution in [0.5, 0.6) is 0 Å². The van der Waals surface area contributed by atoms with Crippen molar-refractivity contribution >= 4 is 32.9 Å². The van der Waals surface area contributed by atoms with Gasteiger partial charge in [0.25, 0.3) is 5.91 Å². The van der Waals surface area contributed by atoms with Crippen molar-refractivity contribution in [2.75, 3.05) is 11.9 Å². The third kappa shape index (κ3) is 3.59. The number of benzene rings is 1. The minimum atomic E-state index is 0.0655. The lowest BCUT2D eigenvalue weighted by atomic mass is 10.1. The van der Waals surface area contributed by atoms with E-state index < -0.39 is 0 Å². The van der Waals surface area contributed by atoms with E-state index in [4.69, 9.17) is 0 Å². The number of carbonyl (C=O) groups excluding carboxylic acids is 1. The number of fused-ring (bicyclic) bond motifs is 1. The zero-order valence-corrected chi connectivity index (χ0v) is 14.0. The second kappa shape index (κ2) is 7.50. The van der Waals surface area contributed by atoms with E-state index in [1.165, 1.54) is 0 Å². The van der Waals surface area contributed by atoms with Crippen LogP contribution in [0.2, 0.25) is 0 Å². The van der Waals surface area contributed by atoms with Gasteiger partial charge in [0.1, 0.15) is 0 Å². The Kier molecular flexibility index (Phi) is 5.67. The Morgan fingerprint density at radius 1 is 1.19 bits per heavy atom. The maximum absolute atomic E-state index is 12.8. The molecule has 2 aromatic rings. The van der Waals surface area contributed by atoms with Gasteiger partial charge in [-0.3, -0.25) is 14.8 Å². The van der Waals surface area contributed by atoms with E-state index in [2.05, 4.69) is 39.7 Å². The van der Waals surface area contributed by atoms with Gasteiger partial charge in [-0.1, -0.05) is 29.8 Å². The summed E-state index contributed by atoms with van der Waals surface area (Å²) in [5.41, 5.74) is 2.24. The van der Waals surface area contributed by atoms with E-state index in [0.717, 1.165) is 29.2 Å². The molecule has 1 aromatic carbocycles. The van der Waals surface area contributed by atoms with Gasteiger partial charge in [-0.05, 0) is 31.0 Å². The van der Waals surface area contributed by atoms with Gasteiger partial charge in [0, 0.05) is 35.9 Å². The molecule has 0 aliphatic rings. The van der Waals surface area contributed by atoms with Gasteiger partial charge >= 0.3 is 0 Å². The van der Waals surface area contributed by atoms with Gasteiger partial charge in [-0.15, -0.1) is 0 Å². The van der Waals surface area contributed by atoms with E-state index in [1.807, 2.05) is 23.1 Å². The van der Waals surface area contributed by atoms with Crippen molar-refractivity contribution in [3.8, 4) is 0 Å². The van der Waals surface area contributed by atoms with E-state index >= 15 is 0 Å². The molecule has 1 heterocycles. The topological polar surface area (TPSA) is 46.1 Å². The van der Waals surface area contributed by atoms with Crippen molar-refractivity contribution in [3.05, 3.63) is 36.2 Å². The molecule has 112 valence electrons. The summed E-state index contributed by atoms with van der Waals surface area (Å²) < 4.78 is 0. The van der Waals surface area contributed by atoms with Crippen LogP contribution in [0.4, 0.5) is 0 Å². The van der Waals surface area contributed by atoms with Crippen molar-refractivity contribution in [3.63, 3.8) is 0 Å². The summed E-state index contributed by atoms with van der Waals surface area (Å²) in [5, 5.41) is 0.780. The fraction of sp³-hybridized carbons (Fsp3) is 0.438. The highest BCUT2D eigenvalue weighted by Gasteiger charge is 2.22. The Balaban J connectivity index is 2.33. The van der Waals surface area contributed by atoms with Gasteiger partial charge < -0.3 is 4.90 Å². The molecule has 0 aliphatic carbocycles. The maximum Gasteiger partial charge on any atom is 0.254 e. The fourth-order valence-corrected chi connectivity index (χ4v) is 2.91. The van der Waals surface area contributed by atoms with Crippen LogP contribution in [0.3, 0.4) is 0 Å². The van der Waals surface area contributed by atoms with Gasteiger partial charge in [0.05, 0.1) is 11.0 Å².